The largest absolute Gasteiger partial charge is 0.396 e. The van der Waals surface area contributed by atoms with Gasteiger partial charge in [0.2, 0.25) is 0 Å². The molecule has 0 spiro atoms. The maximum atomic E-state index is 8.78. The maximum absolute atomic E-state index is 8.78. The van der Waals surface area contributed by atoms with Crippen LogP contribution in [0, 0.1) is 17.8 Å². The van der Waals surface area contributed by atoms with E-state index in [2.05, 4.69) is 0 Å². The summed E-state index contributed by atoms with van der Waals surface area (Å²) >= 11 is 0. The van der Waals surface area contributed by atoms with E-state index in [0.29, 0.717) is 18.4 Å². The zero-order chi connectivity index (χ0) is 6.27. The number of aliphatic hydroxyl groups is 1. The molecular formula is C7H12O2. The second kappa shape index (κ2) is 1.96. The average molecular weight is 128 g/mol. The van der Waals surface area contributed by atoms with Gasteiger partial charge < -0.3 is 9.84 Å². The van der Waals surface area contributed by atoms with Crippen molar-refractivity contribution < 1.29 is 9.84 Å². The first-order chi connectivity index (χ1) is 4.43. The summed E-state index contributed by atoms with van der Waals surface area (Å²) in [5.41, 5.74) is 0. The molecule has 9 heavy (non-hydrogen) atoms. The van der Waals surface area contributed by atoms with E-state index >= 15 is 0 Å². The normalized spacial score (nSPS) is 48.3. The van der Waals surface area contributed by atoms with Crippen molar-refractivity contribution in [1.29, 1.82) is 0 Å². The molecule has 1 heterocycles. The van der Waals surface area contributed by atoms with E-state index in [9.17, 15) is 0 Å². The lowest BCUT2D eigenvalue weighted by atomic mass is 10.2. The highest BCUT2D eigenvalue weighted by Crippen LogP contribution is 2.50. The Bertz CT molecular complexity index is 94.7. The van der Waals surface area contributed by atoms with Gasteiger partial charge in [-0.15, -0.1) is 0 Å². The Balaban J connectivity index is 1.91. The van der Waals surface area contributed by atoms with Crippen LogP contribution in [0.4, 0.5) is 0 Å². The highest BCUT2D eigenvalue weighted by atomic mass is 16.5. The molecule has 0 aromatic carbocycles. The van der Waals surface area contributed by atoms with Gasteiger partial charge in [0.25, 0.3) is 0 Å². The van der Waals surface area contributed by atoms with Crippen LogP contribution in [0.5, 0.6) is 0 Å². The monoisotopic (exact) mass is 128 g/mol. The Morgan fingerprint density at radius 2 is 2.33 bits per heavy atom. The summed E-state index contributed by atoms with van der Waals surface area (Å²) in [6.07, 6.45) is 1.18. The molecule has 0 amide bonds. The van der Waals surface area contributed by atoms with Crippen molar-refractivity contribution in [3.05, 3.63) is 0 Å². The molecule has 1 saturated heterocycles. The minimum absolute atomic E-state index is 0.374. The molecule has 0 radical (unpaired) electrons. The van der Waals surface area contributed by atoms with E-state index in [1.807, 2.05) is 0 Å². The molecule has 2 fully saturated rings. The van der Waals surface area contributed by atoms with Gasteiger partial charge in [0.15, 0.2) is 0 Å². The smallest absolute Gasteiger partial charge is 0.0500 e. The molecule has 1 aliphatic heterocycles. The van der Waals surface area contributed by atoms with Gasteiger partial charge in [-0.1, -0.05) is 0 Å². The highest BCUT2D eigenvalue weighted by molar-refractivity contribution is 4.97. The zero-order valence-electron chi connectivity index (χ0n) is 5.42. The van der Waals surface area contributed by atoms with Gasteiger partial charge in [-0.2, -0.15) is 0 Å². The van der Waals surface area contributed by atoms with Crippen molar-refractivity contribution in [2.75, 3.05) is 19.8 Å². The van der Waals surface area contributed by atoms with Crippen molar-refractivity contribution in [3.8, 4) is 0 Å². The molecule has 0 aromatic rings. The van der Waals surface area contributed by atoms with Crippen LogP contribution in [0.1, 0.15) is 6.42 Å². The van der Waals surface area contributed by atoms with Crippen LogP contribution >= 0.6 is 0 Å². The summed E-state index contributed by atoms with van der Waals surface area (Å²) in [6, 6.07) is 0. The fourth-order valence-corrected chi connectivity index (χ4v) is 1.91. The van der Waals surface area contributed by atoms with Gasteiger partial charge in [0.05, 0.1) is 6.61 Å². The van der Waals surface area contributed by atoms with Crippen molar-refractivity contribution in [3.63, 3.8) is 0 Å². The van der Waals surface area contributed by atoms with Crippen LogP contribution in [-0.2, 0) is 4.74 Å². The van der Waals surface area contributed by atoms with Crippen LogP contribution in [-0.4, -0.2) is 24.9 Å². The molecular weight excluding hydrogens is 116 g/mol. The fraction of sp³-hybridized carbons (Fsp3) is 1.00. The first-order valence-corrected chi connectivity index (χ1v) is 3.62. The fourth-order valence-electron chi connectivity index (χ4n) is 1.91. The van der Waals surface area contributed by atoms with Crippen LogP contribution in [0.25, 0.3) is 0 Å². The van der Waals surface area contributed by atoms with Gasteiger partial charge in [-0.25, -0.2) is 0 Å². The minimum atomic E-state index is 0.374. The predicted octanol–water partition coefficient (Wildman–Crippen LogP) is 0.261. The third-order valence-electron chi connectivity index (χ3n) is 2.63. The second-order valence-corrected chi connectivity index (χ2v) is 3.04. The molecule has 0 bridgehead atoms. The number of aliphatic hydroxyl groups excluding tert-OH is 1. The Labute approximate surface area is 54.8 Å². The summed E-state index contributed by atoms with van der Waals surface area (Å²) in [6.45, 7) is 2.19. The minimum Gasteiger partial charge on any atom is -0.396 e. The van der Waals surface area contributed by atoms with E-state index < -0.39 is 0 Å². The first kappa shape index (κ1) is 5.69. The van der Waals surface area contributed by atoms with Crippen LogP contribution < -0.4 is 0 Å². The Morgan fingerprint density at radius 1 is 1.44 bits per heavy atom. The van der Waals surface area contributed by atoms with Crippen molar-refractivity contribution in [1.82, 2.24) is 0 Å². The van der Waals surface area contributed by atoms with Crippen LogP contribution in [0.2, 0.25) is 0 Å². The SMILES string of the molecule is OC[C@H]1[C@@H]2CCOC[C@@H]12. The number of rotatable bonds is 1. The summed E-state index contributed by atoms with van der Waals surface area (Å²) < 4.78 is 5.24. The van der Waals surface area contributed by atoms with E-state index in [0.717, 1.165) is 19.1 Å². The zero-order valence-corrected chi connectivity index (χ0v) is 5.42. The van der Waals surface area contributed by atoms with Crippen molar-refractivity contribution >= 4 is 0 Å². The number of hydrogen-bond donors (Lipinski definition) is 1. The molecule has 1 N–H and O–H groups in total. The quantitative estimate of drug-likeness (QED) is 0.549. The van der Waals surface area contributed by atoms with Crippen LogP contribution in [0.3, 0.4) is 0 Å². The van der Waals surface area contributed by atoms with E-state index in [4.69, 9.17) is 9.84 Å². The molecule has 0 unspecified atom stereocenters. The lowest BCUT2D eigenvalue weighted by molar-refractivity contribution is 0.0880. The molecule has 2 heteroatoms. The Kier molecular flexibility index (Phi) is 1.24. The van der Waals surface area contributed by atoms with E-state index in [1.165, 1.54) is 6.42 Å². The summed E-state index contributed by atoms with van der Waals surface area (Å²) in [4.78, 5) is 0. The lowest BCUT2D eigenvalue weighted by Crippen LogP contribution is -2.07. The summed E-state index contributed by atoms with van der Waals surface area (Å²) in [7, 11) is 0. The maximum Gasteiger partial charge on any atom is 0.0500 e. The molecule has 1 aliphatic carbocycles. The highest BCUT2D eigenvalue weighted by Gasteiger charge is 2.50. The predicted molar refractivity (Wildman–Crippen MR) is 33.0 cm³/mol. The summed E-state index contributed by atoms with van der Waals surface area (Å²) in [5, 5.41) is 8.78. The standard InChI is InChI=1S/C7H12O2/c8-3-6-5-1-2-9-4-7(5)6/h5-8H,1-4H2/t5-,6-,7+/m0/s1. The van der Waals surface area contributed by atoms with Gasteiger partial charge >= 0.3 is 0 Å². The van der Waals surface area contributed by atoms with Gasteiger partial charge in [0.1, 0.15) is 0 Å². The third kappa shape index (κ3) is 0.775. The first-order valence-electron chi connectivity index (χ1n) is 3.62. The number of ether oxygens (including phenoxy) is 1. The van der Waals surface area contributed by atoms with Crippen LogP contribution in [0.15, 0.2) is 0 Å². The van der Waals surface area contributed by atoms with Gasteiger partial charge in [-0.05, 0) is 24.2 Å². The lowest BCUT2D eigenvalue weighted by Gasteiger charge is -2.07. The molecule has 3 atom stereocenters. The molecule has 2 nitrogen and oxygen atoms in total. The van der Waals surface area contributed by atoms with Crippen molar-refractivity contribution in [2.24, 2.45) is 17.8 Å². The molecule has 1 saturated carbocycles. The molecule has 0 aromatic heterocycles. The number of fused-ring (bicyclic) bond motifs is 1. The summed E-state index contributed by atoms with van der Waals surface area (Å²) in [5.74, 6) is 2.11. The molecule has 2 aliphatic rings. The Hall–Kier alpha value is -0.0800. The van der Waals surface area contributed by atoms with Crippen molar-refractivity contribution in [2.45, 2.75) is 6.42 Å². The third-order valence-corrected chi connectivity index (χ3v) is 2.63. The second-order valence-electron chi connectivity index (χ2n) is 3.04. The van der Waals surface area contributed by atoms with Gasteiger partial charge in [-0.3, -0.25) is 0 Å². The van der Waals surface area contributed by atoms with E-state index in [-0.39, 0.29) is 0 Å². The van der Waals surface area contributed by atoms with Gasteiger partial charge in [0, 0.05) is 13.2 Å². The number of hydrogen-bond acceptors (Lipinski definition) is 2. The van der Waals surface area contributed by atoms with E-state index in [1.54, 1.807) is 0 Å². The molecule has 2 rings (SSSR count). The molecule has 52 valence electrons. The Morgan fingerprint density at radius 3 is 2.89 bits per heavy atom. The topological polar surface area (TPSA) is 29.5 Å². The average Bonchev–Trinajstić information content (AvgIpc) is 2.60.